The number of benzene rings is 1. The van der Waals surface area contributed by atoms with Crippen LogP contribution in [0.2, 0.25) is 0 Å². The lowest BCUT2D eigenvalue weighted by molar-refractivity contribution is -0.119. The van der Waals surface area contributed by atoms with Crippen LogP contribution >= 0.6 is 11.6 Å². The van der Waals surface area contributed by atoms with E-state index < -0.39 is 5.38 Å². The number of anilines is 1. The van der Waals surface area contributed by atoms with Crippen molar-refractivity contribution < 1.29 is 4.79 Å². The Labute approximate surface area is 120 Å². The summed E-state index contributed by atoms with van der Waals surface area (Å²) in [6, 6.07) is 6.36. The SMILES string of the molecule is Cc1ccc2c(c1)N(C(=O)[C@@H](C)Cl)C(C)(C)C[C@@H]2C. The average Bonchev–Trinajstić information content (AvgIpc) is 2.26. The van der Waals surface area contributed by atoms with E-state index >= 15 is 0 Å². The molecular weight excluding hydrogens is 258 g/mol. The number of carbonyl (C=O) groups is 1. The highest BCUT2D eigenvalue weighted by molar-refractivity contribution is 6.32. The second-order valence-electron chi connectivity index (χ2n) is 6.27. The summed E-state index contributed by atoms with van der Waals surface area (Å²) in [5, 5.41) is -0.499. The van der Waals surface area contributed by atoms with Gasteiger partial charge >= 0.3 is 0 Å². The van der Waals surface area contributed by atoms with Gasteiger partial charge < -0.3 is 4.90 Å². The molecule has 3 heteroatoms. The van der Waals surface area contributed by atoms with Gasteiger partial charge in [-0.05, 0) is 57.2 Å². The Morgan fingerprint density at radius 3 is 2.68 bits per heavy atom. The zero-order valence-electron chi connectivity index (χ0n) is 12.3. The number of amides is 1. The molecule has 0 radical (unpaired) electrons. The molecule has 1 aliphatic heterocycles. The van der Waals surface area contributed by atoms with Crippen molar-refractivity contribution in [2.24, 2.45) is 0 Å². The lowest BCUT2D eigenvalue weighted by Crippen LogP contribution is -2.53. The summed E-state index contributed by atoms with van der Waals surface area (Å²) in [6.45, 7) is 10.3. The molecule has 0 saturated carbocycles. The fourth-order valence-electron chi connectivity index (χ4n) is 3.14. The number of rotatable bonds is 1. The molecule has 2 rings (SSSR count). The van der Waals surface area contributed by atoms with Crippen molar-refractivity contribution in [2.75, 3.05) is 4.90 Å². The molecule has 19 heavy (non-hydrogen) atoms. The highest BCUT2D eigenvalue weighted by Gasteiger charge is 2.40. The zero-order valence-corrected chi connectivity index (χ0v) is 13.1. The molecular formula is C16H22ClNO. The van der Waals surface area contributed by atoms with Crippen molar-refractivity contribution >= 4 is 23.2 Å². The van der Waals surface area contributed by atoms with E-state index in [-0.39, 0.29) is 11.4 Å². The molecule has 1 aromatic rings. The molecule has 0 aliphatic carbocycles. The molecule has 0 spiro atoms. The van der Waals surface area contributed by atoms with Crippen LogP contribution in [-0.4, -0.2) is 16.8 Å². The van der Waals surface area contributed by atoms with Gasteiger partial charge in [-0.1, -0.05) is 19.1 Å². The second kappa shape index (κ2) is 4.82. The van der Waals surface area contributed by atoms with E-state index in [1.807, 2.05) is 4.90 Å². The molecule has 0 aromatic heterocycles. The number of hydrogen-bond acceptors (Lipinski definition) is 1. The minimum atomic E-state index is -0.499. The minimum Gasteiger partial charge on any atom is -0.305 e. The van der Waals surface area contributed by atoms with Crippen LogP contribution in [0.1, 0.15) is 51.2 Å². The van der Waals surface area contributed by atoms with Crippen molar-refractivity contribution in [1.82, 2.24) is 0 Å². The summed E-state index contributed by atoms with van der Waals surface area (Å²) in [7, 11) is 0. The molecule has 0 N–H and O–H groups in total. The van der Waals surface area contributed by atoms with Crippen LogP contribution in [0.25, 0.3) is 0 Å². The summed E-state index contributed by atoms with van der Waals surface area (Å²) >= 11 is 6.04. The first-order chi connectivity index (χ1) is 8.74. The summed E-state index contributed by atoms with van der Waals surface area (Å²) in [5.74, 6) is 0.450. The minimum absolute atomic E-state index is 0.00887. The van der Waals surface area contributed by atoms with Gasteiger partial charge in [-0.3, -0.25) is 4.79 Å². The number of alkyl halides is 1. The van der Waals surface area contributed by atoms with E-state index in [2.05, 4.69) is 45.9 Å². The fraction of sp³-hybridized carbons (Fsp3) is 0.562. The van der Waals surface area contributed by atoms with Gasteiger partial charge in [0.15, 0.2) is 0 Å². The topological polar surface area (TPSA) is 20.3 Å². The number of nitrogens with zero attached hydrogens (tertiary/aromatic N) is 1. The first-order valence-corrected chi connectivity index (χ1v) is 7.26. The van der Waals surface area contributed by atoms with Crippen LogP contribution < -0.4 is 4.90 Å². The average molecular weight is 280 g/mol. The van der Waals surface area contributed by atoms with Crippen LogP contribution in [0, 0.1) is 6.92 Å². The molecule has 0 unspecified atom stereocenters. The van der Waals surface area contributed by atoms with Crippen LogP contribution in [0.3, 0.4) is 0 Å². The number of hydrogen-bond donors (Lipinski definition) is 0. The Bertz CT molecular complexity index is 507. The standard InChI is InChI=1S/C16H22ClNO/c1-10-6-7-13-11(2)9-16(4,5)18(14(13)8-10)15(19)12(3)17/h6-8,11-12H,9H2,1-5H3/t11-,12+/m0/s1. The van der Waals surface area contributed by atoms with Gasteiger partial charge in [-0.25, -0.2) is 0 Å². The predicted octanol–water partition coefficient (Wildman–Crippen LogP) is 4.24. The predicted molar refractivity (Wildman–Crippen MR) is 81.1 cm³/mol. The highest BCUT2D eigenvalue weighted by atomic mass is 35.5. The monoisotopic (exact) mass is 279 g/mol. The van der Waals surface area contributed by atoms with E-state index in [9.17, 15) is 4.79 Å². The smallest absolute Gasteiger partial charge is 0.245 e. The van der Waals surface area contributed by atoms with Gasteiger partial charge in [0.2, 0.25) is 5.91 Å². The maximum Gasteiger partial charge on any atom is 0.245 e. The summed E-state index contributed by atoms with van der Waals surface area (Å²) in [6.07, 6.45) is 0.957. The van der Waals surface area contributed by atoms with Crippen molar-refractivity contribution in [3.05, 3.63) is 29.3 Å². The van der Waals surface area contributed by atoms with Crippen LogP contribution in [-0.2, 0) is 4.79 Å². The molecule has 1 amide bonds. The van der Waals surface area contributed by atoms with Gasteiger partial charge in [0.1, 0.15) is 5.38 Å². The molecule has 0 saturated heterocycles. The van der Waals surface area contributed by atoms with Gasteiger partial charge in [0, 0.05) is 11.2 Å². The van der Waals surface area contributed by atoms with E-state index in [1.165, 1.54) is 11.1 Å². The number of aryl methyl sites for hydroxylation is 1. The Morgan fingerprint density at radius 1 is 1.47 bits per heavy atom. The first kappa shape index (κ1) is 14.4. The molecule has 0 fully saturated rings. The van der Waals surface area contributed by atoms with E-state index in [4.69, 9.17) is 11.6 Å². The van der Waals surface area contributed by atoms with Crippen LogP contribution in [0.4, 0.5) is 5.69 Å². The molecule has 104 valence electrons. The Kier molecular flexibility index (Phi) is 3.65. The van der Waals surface area contributed by atoms with Gasteiger partial charge in [0.25, 0.3) is 0 Å². The lowest BCUT2D eigenvalue weighted by Gasteiger charge is -2.46. The summed E-state index contributed by atoms with van der Waals surface area (Å²) in [5.41, 5.74) is 3.25. The van der Waals surface area contributed by atoms with Crippen molar-refractivity contribution in [1.29, 1.82) is 0 Å². The van der Waals surface area contributed by atoms with Gasteiger partial charge in [-0.15, -0.1) is 11.6 Å². The van der Waals surface area contributed by atoms with Crippen molar-refractivity contribution in [2.45, 2.75) is 57.9 Å². The summed E-state index contributed by atoms with van der Waals surface area (Å²) in [4.78, 5) is 14.4. The fourth-order valence-corrected chi connectivity index (χ4v) is 3.23. The quantitative estimate of drug-likeness (QED) is 0.704. The maximum atomic E-state index is 12.5. The normalized spacial score (nSPS) is 22.8. The Hall–Kier alpha value is -1.02. The van der Waals surface area contributed by atoms with E-state index in [0.29, 0.717) is 5.92 Å². The number of fused-ring (bicyclic) bond motifs is 1. The third kappa shape index (κ3) is 2.51. The molecule has 2 atom stereocenters. The Balaban J connectivity index is 2.60. The zero-order chi connectivity index (χ0) is 14.4. The molecule has 2 nitrogen and oxygen atoms in total. The molecule has 0 bridgehead atoms. The number of carbonyl (C=O) groups excluding carboxylic acids is 1. The first-order valence-electron chi connectivity index (χ1n) is 6.83. The van der Waals surface area contributed by atoms with Crippen LogP contribution in [0.5, 0.6) is 0 Å². The third-order valence-electron chi connectivity index (χ3n) is 3.93. The van der Waals surface area contributed by atoms with Gasteiger partial charge in [-0.2, -0.15) is 0 Å². The van der Waals surface area contributed by atoms with E-state index in [0.717, 1.165) is 12.1 Å². The highest BCUT2D eigenvalue weighted by Crippen LogP contribution is 2.44. The third-order valence-corrected chi connectivity index (χ3v) is 4.12. The Morgan fingerprint density at radius 2 is 2.11 bits per heavy atom. The summed E-state index contributed by atoms with van der Waals surface area (Å²) < 4.78 is 0. The largest absolute Gasteiger partial charge is 0.305 e. The maximum absolute atomic E-state index is 12.5. The van der Waals surface area contributed by atoms with Crippen molar-refractivity contribution in [3.8, 4) is 0 Å². The molecule has 1 heterocycles. The molecule has 1 aromatic carbocycles. The van der Waals surface area contributed by atoms with E-state index in [1.54, 1.807) is 6.92 Å². The van der Waals surface area contributed by atoms with Crippen LogP contribution in [0.15, 0.2) is 18.2 Å². The lowest BCUT2D eigenvalue weighted by atomic mass is 9.79. The second-order valence-corrected chi connectivity index (χ2v) is 6.92. The molecule has 1 aliphatic rings. The van der Waals surface area contributed by atoms with Crippen molar-refractivity contribution in [3.63, 3.8) is 0 Å². The van der Waals surface area contributed by atoms with Gasteiger partial charge in [0.05, 0.1) is 0 Å². The number of halogens is 1.